The molecule has 0 aliphatic heterocycles. The van der Waals surface area contributed by atoms with Gasteiger partial charge in [0.05, 0.1) is 12.8 Å². The summed E-state index contributed by atoms with van der Waals surface area (Å²) in [6, 6.07) is 0. The van der Waals surface area contributed by atoms with E-state index in [4.69, 9.17) is 9.26 Å². The van der Waals surface area contributed by atoms with Crippen LogP contribution in [0.1, 0.15) is 54.6 Å². The van der Waals surface area contributed by atoms with E-state index in [2.05, 4.69) is 20.5 Å². The molecule has 0 bridgehead atoms. The first-order valence-corrected chi connectivity index (χ1v) is 6.40. The number of carbonyl (C=O) groups is 1. The van der Waals surface area contributed by atoms with Gasteiger partial charge in [-0.15, -0.1) is 5.10 Å². The molecule has 0 aromatic carbocycles. The van der Waals surface area contributed by atoms with Crippen LogP contribution in [0, 0.1) is 0 Å². The first-order valence-electron chi connectivity index (χ1n) is 6.40. The molecular formula is C12H17N5O3. The Balaban J connectivity index is 2.31. The molecule has 2 aromatic rings. The maximum Gasteiger partial charge on any atom is 0.360 e. The number of ether oxygens (including phenoxy) is 1. The normalized spacial score (nSPS) is 11.1. The minimum atomic E-state index is -0.500. The maximum absolute atomic E-state index is 11.7. The maximum atomic E-state index is 11.7. The lowest BCUT2D eigenvalue weighted by Crippen LogP contribution is -2.12. The van der Waals surface area contributed by atoms with Gasteiger partial charge >= 0.3 is 5.97 Å². The summed E-state index contributed by atoms with van der Waals surface area (Å²) in [7, 11) is 1.32. The van der Waals surface area contributed by atoms with Crippen LogP contribution in [0.2, 0.25) is 0 Å². The average Bonchev–Trinajstić information content (AvgIpc) is 3.04. The van der Waals surface area contributed by atoms with Crippen molar-refractivity contribution in [3.63, 3.8) is 0 Å². The van der Waals surface area contributed by atoms with Crippen LogP contribution in [0.5, 0.6) is 0 Å². The standard InChI is InChI=1S/C12H17N5O3/c1-5-8-13-9(20-15-8)6-17-11(7(2)3)10(14-16-17)12(18)19-4/h7H,5-6H2,1-4H3. The lowest BCUT2D eigenvalue weighted by molar-refractivity contribution is 0.0592. The molecule has 0 spiro atoms. The number of aryl methyl sites for hydroxylation is 1. The molecule has 0 radical (unpaired) electrons. The molecule has 0 unspecified atom stereocenters. The first kappa shape index (κ1) is 14.2. The molecule has 0 saturated carbocycles. The van der Waals surface area contributed by atoms with Crippen molar-refractivity contribution in [3.05, 3.63) is 23.1 Å². The van der Waals surface area contributed by atoms with Crippen molar-refractivity contribution in [2.75, 3.05) is 7.11 Å². The minimum Gasteiger partial charge on any atom is -0.464 e. The first-order chi connectivity index (χ1) is 9.56. The van der Waals surface area contributed by atoms with Crippen molar-refractivity contribution in [1.29, 1.82) is 0 Å². The van der Waals surface area contributed by atoms with E-state index < -0.39 is 5.97 Å². The van der Waals surface area contributed by atoms with E-state index >= 15 is 0 Å². The van der Waals surface area contributed by atoms with E-state index in [-0.39, 0.29) is 18.2 Å². The van der Waals surface area contributed by atoms with Crippen molar-refractivity contribution < 1.29 is 14.1 Å². The Labute approximate surface area is 116 Å². The number of hydrogen-bond donors (Lipinski definition) is 0. The second-order valence-electron chi connectivity index (χ2n) is 4.59. The van der Waals surface area contributed by atoms with Crippen molar-refractivity contribution in [2.45, 2.75) is 39.7 Å². The summed E-state index contributed by atoms with van der Waals surface area (Å²) in [4.78, 5) is 15.9. The van der Waals surface area contributed by atoms with Gasteiger partial charge in [-0.3, -0.25) is 0 Å². The Morgan fingerprint density at radius 2 is 2.20 bits per heavy atom. The van der Waals surface area contributed by atoms with Crippen LogP contribution < -0.4 is 0 Å². The van der Waals surface area contributed by atoms with Crippen LogP contribution >= 0.6 is 0 Å². The summed E-state index contributed by atoms with van der Waals surface area (Å²) < 4.78 is 11.4. The molecule has 2 aromatic heterocycles. The summed E-state index contributed by atoms with van der Waals surface area (Å²) in [5.74, 6) is 0.636. The number of aromatic nitrogens is 5. The van der Waals surface area contributed by atoms with Gasteiger partial charge in [0.2, 0.25) is 5.89 Å². The highest BCUT2D eigenvalue weighted by atomic mass is 16.5. The number of nitrogens with zero attached hydrogens (tertiary/aromatic N) is 5. The summed E-state index contributed by atoms with van der Waals surface area (Å²) in [5, 5.41) is 11.7. The molecule has 20 heavy (non-hydrogen) atoms. The second-order valence-corrected chi connectivity index (χ2v) is 4.59. The van der Waals surface area contributed by atoms with Gasteiger partial charge in [-0.25, -0.2) is 9.48 Å². The fourth-order valence-corrected chi connectivity index (χ4v) is 1.88. The molecule has 8 heteroatoms. The van der Waals surface area contributed by atoms with Gasteiger partial charge in [0.1, 0.15) is 6.54 Å². The van der Waals surface area contributed by atoms with Gasteiger partial charge in [-0.2, -0.15) is 4.98 Å². The van der Waals surface area contributed by atoms with E-state index in [0.717, 1.165) is 0 Å². The molecule has 0 fully saturated rings. The summed E-state index contributed by atoms with van der Waals surface area (Å²) in [6.45, 7) is 6.13. The molecule has 0 N–H and O–H groups in total. The highest BCUT2D eigenvalue weighted by molar-refractivity contribution is 5.88. The SMILES string of the molecule is CCc1noc(Cn2nnc(C(=O)OC)c2C(C)C)n1. The average molecular weight is 279 g/mol. The zero-order valence-electron chi connectivity index (χ0n) is 12.0. The monoisotopic (exact) mass is 279 g/mol. The Morgan fingerprint density at radius 1 is 1.45 bits per heavy atom. The van der Waals surface area contributed by atoms with Crippen LogP contribution in [-0.2, 0) is 17.7 Å². The smallest absolute Gasteiger partial charge is 0.360 e. The molecule has 0 atom stereocenters. The fraction of sp³-hybridized carbons (Fsp3) is 0.583. The molecule has 108 valence electrons. The lowest BCUT2D eigenvalue weighted by Gasteiger charge is -2.08. The van der Waals surface area contributed by atoms with Crippen molar-refractivity contribution >= 4 is 5.97 Å². The lowest BCUT2D eigenvalue weighted by atomic mass is 10.1. The highest BCUT2D eigenvalue weighted by Crippen LogP contribution is 2.19. The fourth-order valence-electron chi connectivity index (χ4n) is 1.88. The quantitative estimate of drug-likeness (QED) is 0.758. The molecule has 0 aliphatic carbocycles. The topological polar surface area (TPSA) is 95.9 Å². The largest absolute Gasteiger partial charge is 0.464 e. The van der Waals surface area contributed by atoms with E-state index in [1.54, 1.807) is 4.68 Å². The van der Waals surface area contributed by atoms with E-state index in [0.29, 0.717) is 23.8 Å². The number of hydrogen-bond acceptors (Lipinski definition) is 7. The van der Waals surface area contributed by atoms with Crippen molar-refractivity contribution in [3.8, 4) is 0 Å². The zero-order valence-corrected chi connectivity index (χ0v) is 12.0. The number of esters is 1. The predicted molar refractivity (Wildman–Crippen MR) is 68.2 cm³/mol. The van der Waals surface area contributed by atoms with Crippen LogP contribution in [0.4, 0.5) is 0 Å². The Kier molecular flexibility index (Phi) is 4.11. The molecular weight excluding hydrogens is 262 g/mol. The zero-order chi connectivity index (χ0) is 14.7. The molecule has 2 rings (SSSR count). The van der Waals surface area contributed by atoms with Gasteiger partial charge < -0.3 is 9.26 Å². The molecule has 8 nitrogen and oxygen atoms in total. The van der Waals surface area contributed by atoms with E-state index in [9.17, 15) is 4.79 Å². The van der Waals surface area contributed by atoms with Crippen LogP contribution in [0.25, 0.3) is 0 Å². The van der Waals surface area contributed by atoms with Crippen LogP contribution in [0.3, 0.4) is 0 Å². The third-order valence-corrected chi connectivity index (χ3v) is 2.81. The number of rotatable bonds is 5. The van der Waals surface area contributed by atoms with Gasteiger partial charge in [-0.05, 0) is 5.92 Å². The molecule has 0 amide bonds. The Hall–Kier alpha value is -2.25. The highest BCUT2D eigenvalue weighted by Gasteiger charge is 2.23. The molecule has 0 aliphatic rings. The third kappa shape index (κ3) is 2.68. The summed E-state index contributed by atoms with van der Waals surface area (Å²) in [6.07, 6.45) is 0.700. The summed E-state index contributed by atoms with van der Waals surface area (Å²) >= 11 is 0. The van der Waals surface area contributed by atoms with Gasteiger partial charge in [0, 0.05) is 6.42 Å². The Morgan fingerprint density at radius 3 is 2.75 bits per heavy atom. The van der Waals surface area contributed by atoms with Crippen molar-refractivity contribution in [1.82, 2.24) is 25.1 Å². The van der Waals surface area contributed by atoms with Crippen LogP contribution in [0.15, 0.2) is 4.52 Å². The van der Waals surface area contributed by atoms with Crippen molar-refractivity contribution in [2.24, 2.45) is 0 Å². The van der Waals surface area contributed by atoms with E-state index in [1.165, 1.54) is 7.11 Å². The second kappa shape index (κ2) is 5.81. The number of carbonyl (C=O) groups excluding carboxylic acids is 1. The number of methoxy groups -OCH3 is 1. The van der Waals surface area contributed by atoms with Gasteiger partial charge in [-0.1, -0.05) is 31.1 Å². The third-order valence-electron chi connectivity index (χ3n) is 2.81. The Bertz CT molecular complexity index is 602. The van der Waals surface area contributed by atoms with E-state index in [1.807, 2.05) is 20.8 Å². The minimum absolute atomic E-state index is 0.0627. The molecule has 2 heterocycles. The van der Waals surface area contributed by atoms with Gasteiger partial charge in [0.25, 0.3) is 0 Å². The van der Waals surface area contributed by atoms with Gasteiger partial charge in [0.15, 0.2) is 11.5 Å². The van der Waals surface area contributed by atoms with Crippen LogP contribution in [-0.4, -0.2) is 38.2 Å². The predicted octanol–water partition coefficient (Wildman–Crippen LogP) is 1.18. The summed E-state index contributed by atoms with van der Waals surface area (Å²) in [5.41, 5.74) is 0.908. The molecule has 0 saturated heterocycles.